The van der Waals surface area contributed by atoms with Crippen LogP contribution in [0.1, 0.15) is 64.5 Å². The summed E-state index contributed by atoms with van der Waals surface area (Å²) < 4.78 is 38.3. The highest BCUT2D eigenvalue weighted by atomic mass is 35.5. The number of benzene rings is 3. The number of hydrogen-bond donors (Lipinski definition) is 0. The minimum Gasteiger partial charge on any atom is -0.493 e. The fourth-order valence-corrected chi connectivity index (χ4v) is 7.65. The second kappa shape index (κ2) is 11.7. The SMILES string of the molecule is Cc1cc2c(cc1C)C(N(C(=O)c1cc(S(=O)(=O)N(C)c3c(C)n(C)n(-c4ccccc4)c3=O)ccc1Cl)C1CC1)CCCO2. The molecule has 1 aliphatic carbocycles. The summed E-state index contributed by atoms with van der Waals surface area (Å²) in [6.45, 7) is 6.35. The smallest absolute Gasteiger partial charge is 0.296 e. The third-order valence-corrected chi connectivity index (χ3v) is 11.1. The number of aryl methyl sites for hydroxylation is 2. The average molecular weight is 649 g/mol. The number of carbonyl (C=O) groups excluding carboxylic acids is 1. The average Bonchev–Trinajstić information content (AvgIpc) is 3.84. The summed E-state index contributed by atoms with van der Waals surface area (Å²) in [6.07, 6.45) is 3.22. The van der Waals surface area contributed by atoms with Crippen LogP contribution in [0.15, 0.2) is 70.4 Å². The van der Waals surface area contributed by atoms with Gasteiger partial charge in [-0.25, -0.2) is 13.1 Å². The molecule has 1 aliphatic heterocycles. The normalized spacial score (nSPS) is 16.4. The number of para-hydroxylation sites is 1. The molecule has 45 heavy (non-hydrogen) atoms. The number of amides is 1. The van der Waals surface area contributed by atoms with Gasteiger partial charge < -0.3 is 9.64 Å². The molecule has 3 aromatic carbocycles. The largest absolute Gasteiger partial charge is 0.493 e. The molecule has 11 heteroatoms. The summed E-state index contributed by atoms with van der Waals surface area (Å²) in [5, 5.41) is 0.166. The number of nitrogens with zero attached hydrogens (tertiary/aromatic N) is 4. The number of halogens is 1. The Morgan fingerprint density at radius 2 is 1.67 bits per heavy atom. The summed E-state index contributed by atoms with van der Waals surface area (Å²) in [6, 6.07) is 17.1. The van der Waals surface area contributed by atoms with Gasteiger partial charge in [0, 0.05) is 25.7 Å². The second-order valence-electron chi connectivity index (χ2n) is 11.9. The predicted molar refractivity (Wildman–Crippen MR) is 175 cm³/mol. The number of hydrogen-bond acceptors (Lipinski definition) is 5. The van der Waals surface area contributed by atoms with Gasteiger partial charge in [0.2, 0.25) is 0 Å². The van der Waals surface area contributed by atoms with E-state index in [1.165, 1.54) is 29.9 Å². The standard InChI is InChI=1S/C34H37ClN4O5S/c1-21-18-28-30(12-9-17-44-31(28)19-22(21)2)38(24-13-14-24)33(40)27-20-26(15-16-29(27)35)45(42,43)37(5)32-23(3)36(4)39(34(32)41)25-10-7-6-8-11-25/h6-8,10-11,15-16,18-20,24,30H,9,12-14,17H2,1-5H3. The van der Waals surface area contributed by atoms with Crippen molar-refractivity contribution in [1.82, 2.24) is 14.3 Å². The molecule has 2 heterocycles. The molecule has 0 radical (unpaired) electrons. The van der Waals surface area contributed by atoms with Crippen LogP contribution in [0, 0.1) is 20.8 Å². The van der Waals surface area contributed by atoms with Gasteiger partial charge in [0.15, 0.2) is 0 Å². The van der Waals surface area contributed by atoms with Crippen LogP contribution in [0.5, 0.6) is 5.75 Å². The van der Waals surface area contributed by atoms with Crippen LogP contribution in [0.2, 0.25) is 5.02 Å². The lowest BCUT2D eigenvalue weighted by Gasteiger charge is -2.33. The van der Waals surface area contributed by atoms with E-state index in [9.17, 15) is 18.0 Å². The van der Waals surface area contributed by atoms with Crippen LogP contribution >= 0.6 is 11.6 Å². The molecule has 1 fully saturated rings. The minimum atomic E-state index is -4.26. The third-order valence-electron chi connectivity index (χ3n) is 9.04. The van der Waals surface area contributed by atoms with E-state index < -0.39 is 15.6 Å². The molecule has 4 aromatic rings. The van der Waals surface area contributed by atoms with Crippen molar-refractivity contribution in [3.05, 3.63) is 104 Å². The Balaban J connectivity index is 1.39. The van der Waals surface area contributed by atoms with Crippen LogP contribution in [0.3, 0.4) is 0 Å². The van der Waals surface area contributed by atoms with Gasteiger partial charge >= 0.3 is 0 Å². The van der Waals surface area contributed by atoms with Gasteiger partial charge in [0.05, 0.1) is 39.5 Å². The van der Waals surface area contributed by atoms with Crippen LogP contribution in [0.25, 0.3) is 5.69 Å². The van der Waals surface area contributed by atoms with Crippen molar-refractivity contribution in [2.24, 2.45) is 7.05 Å². The summed E-state index contributed by atoms with van der Waals surface area (Å²) in [5.74, 6) is 0.461. The van der Waals surface area contributed by atoms with Gasteiger partial charge in [-0.05, 0) is 94.0 Å². The maximum atomic E-state index is 14.4. The van der Waals surface area contributed by atoms with Gasteiger partial charge in [-0.2, -0.15) is 0 Å². The highest BCUT2D eigenvalue weighted by Gasteiger charge is 2.41. The molecule has 1 atom stereocenters. The molecular formula is C34H37ClN4O5S. The lowest BCUT2D eigenvalue weighted by molar-refractivity contribution is 0.0647. The second-order valence-corrected chi connectivity index (χ2v) is 14.3. The molecule has 6 rings (SSSR count). The van der Waals surface area contributed by atoms with Crippen LogP contribution in [-0.2, 0) is 17.1 Å². The summed E-state index contributed by atoms with van der Waals surface area (Å²) in [7, 11) is -1.20. The Hall–Kier alpha value is -4.02. The quantitative estimate of drug-likeness (QED) is 0.242. The Kier molecular flexibility index (Phi) is 8.07. The Morgan fingerprint density at radius 3 is 2.36 bits per heavy atom. The van der Waals surface area contributed by atoms with E-state index in [0.717, 1.165) is 52.4 Å². The molecule has 0 bridgehead atoms. The Bertz CT molecular complexity index is 1960. The molecule has 9 nitrogen and oxygen atoms in total. The number of ether oxygens (including phenoxy) is 1. The van der Waals surface area contributed by atoms with Gasteiger partial charge in [0.25, 0.3) is 21.5 Å². The van der Waals surface area contributed by atoms with Crippen LogP contribution in [-0.4, -0.2) is 48.3 Å². The first-order chi connectivity index (χ1) is 21.4. The number of sulfonamides is 1. The zero-order chi connectivity index (χ0) is 32.2. The first kappa shape index (κ1) is 31.0. The molecular weight excluding hydrogens is 612 g/mol. The van der Waals surface area contributed by atoms with Crippen molar-refractivity contribution in [1.29, 1.82) is 0 Å². The van der Waals surface area contributed by atoms with Crippen molar-refractivity contribution >= 4 is 33.2 Å². The fraction of sp³-hybridized carbons (Fsp3) is 0.353. The molecule has 2 aliphatic rings. The third kappa shape index (κ3) is 5.44. The molecule has 236 valence electrons. The first-order valence-electron chi connectivity index (χ1n) is 15.1. The van der Waals surface area contributed by atoms with E-state index in [1.54, 1.807) is 30.8 Å². The number of rotatable bonds is 7. The predicted octanol–water partition coefficient (Wildman–Crippen LogP) is 6.10. The lowest BCUT2D eigenvalue weighted by Crippen LogP contribution is -2.37. The van der Waals surface area contributed by atoms with Crippen molar-refractivity contribution in [2.45, 2.75) is 63.4 Å². The van der Waals surface area contributed by atoms with E-state index in [1.807, 2.05) is 43.0 Å². The molecule has 1 aromatic heterocycles. The summed E-state index contributed by atoms with van der Waals surface area (Å²) >= 11 is 6.63. The van der Waals surface area contributed by atoms with Crippen LogP contribution < -0.4 is 14.6 Å². The molecule has 1 unspecified atom stereocenters. The maximum Gasteiger partial charge on any atom is 0.296 e. The highest BCUT2D eigenvalue weighted by molar-refractivity contribution is 7.92. The molecule has 0 spiro atoms. The number of aromatic nitrogens is 2. The summed E-state index contributed by atoms with van der Waals surface area (Å²) in [5.41, 5.74) is 3.93. The molecule has 0 N–H and O–H groups in total. The van der Waals surface area contributed by atoms with E-state index in [-0.39, 0.29) is 39.2 Å². The van der Waals surface area contributed by atoms with E-state index in [4.69, 9.17) is 16.3 Å². The van der Waals surface area contributed by atoms with Gasteiger partial charge in [-0.15, -0.1) is 0 Å². The number of carbonyl (C=O) groups is 1. The number of anilines is 1. The van der Waals surface area contributed by atoms with Gasteiger partial charge in [-0.3, -0.25) is 18.6 Å². The van der Waals surface area contributed by atoms with Crippen molar-refractivity contribution in [3.63, 3.8) is 0 Å². The van der Waals surface area contributed by atoms with E-state index in [0.29, 0.717) is 18.0 Å². The Morgan fingerprint density at radius 1 is 0.978 bits per heavy atom. The zero-order valence-corrected chi connectivity index (χ0v) is 27.7. The summed E-state index contributed by atoms with van der Waals surface area (Å²) in [4.78, 5) is 29.8. The minimum absolute atomic E-state index is 0.0181. The zero-order valence-electron chi connectivity index (χ0n) is 26.1. The fourth-order valence-electron chi connectivity index (χ4n) is 6.18. The highest BCUT2D eigenvalue weighted by Crippen LogP contribution is 2.44. The maximum absolute atomic E-state index is 14.4. The topological polar surface area (TPSA) is 93.9 Å². The monoisotopic (exact) mass is 648 g/mol. The Labute approximate surface area is 268 Å². The van der Waals surface area contributed by atoms with E-state index in [2.05, 4.69) is 6.07 Å². The molecule has 0 saturated heterocycles. The molecule has 1 amide bonds. The first-order valence-corrected chi connectivity index (χ1v) is 16.9. The van der Waals surface area contributed by atoms with Crippen molar-refractivity contribution in [2.75, 3.05) is 18.0 Å². The van der Waals surface area contributed by atoms with Crippen molar-refractivity contribution < 1.29 is 17.9 Å². The lowest BCUT2D eigenvalue weighted by atomic mass is 9.95. The van der Waals surface area contributed by atoms with Crippen molar-refractivity contribution in [3.8, 4) is 11.4 Å². The number of fused-ring (bicyclic) bond motifs is 1. The molecule has 1 saturated carbocycles. The van der Waals surface area contributed by atoms with Gasteiger partial charge in [0.1, 0.15) is 11.4 Å². The van der Waals surface area contributed by atoms with Gasteiger partial charge in [-0.1, -0.05) is 35.9 Å². The van der Waals surface area contributed by atoms with Crippen LogP contribution in [0.4, 0.5) is 5.69 Å². The van der Waals surface area contributed by atoms with E-state index >= 15 is 0 Å².